The number of imide groups is 2. The number of hydrazine groups is 1. The molecule has 3 fully saturated rings. The van der Waals surface area contributed by atoms with Crippen LogP contribution in [0.25, 0.3) is 0 Å². The summed E-state index contributed by atoms with van der Waals surface area (Å²) in [5, 5.41) is 14.8. The second-order valence-electron chi connectivity index (χ2n) is 14.7. The molecule has 4 amide bonds. The van der Waals surface area contributed by atoms with Crippen LogP contribution in [0.4, 0.5) is 22.7 Å². The van der Waals surface area contributed by atoms with Crippen LogP contribution in [-0.4, -0.2) is 33.7 Å². The lowest BCUT2D eigenvalue weighted by Crippen LogP contribution is -2.53. The van der Waals surface area contributed by atoms with Gasteiger partial charge in [0, 0.05) is 17.3 Å². The molecule has 6 atom stereocenters. The van der Waals surface area contributed by atoms with Crippen molar-refractivity contribution in [2.75, 3.05) is 15.6 Å². The molecule has 9 rings (SSSR count). The summed E-state index contributed by atoms with van der Waals surface area (Å²) in [5.41, 5.74) is 7.93. The Morgan fingerprint density at radius 2 is 1.30 bits per heavy atom. The van der Waals surface area contributed by atoms with Gasteiger partial charge in [-0.2, -0.15) is 5.01 Å². The maximum Gasteiger partial charge on any atom is 0.260 e. The van der Waals surface area contributed by atoms with Crippen LogP contribution < -0.4 is 15.6 Å². The molecule has 1 saturated carbocycles. The zero-order valence-corrected chi connectivity index (χ0v) is 29.6. The average molecular weight is 715 g/mol. The second-order valence-corrected chi connectivity index (χ2v) is 14.7. The Hall–Kier alpha value is -6.48. The molecule has 0 unspecified atom stereocenters. The Balaban J connectivity index is 1.13. The lowest BCUT2D eigenvalue weighted by Gasteiger charge is -2.50. The molecule has 3 N–H and O–H groups in total. The highest BCUT2D eigenvalue weighted by Gasteiger charge is 2.70. The maximum absolute atomic E-state index is 15.2. The number of amides is 4. The molecule has 0 bridgehead atoms. The van der Waals surface area contributed by atoms with Gasteiger partial charge in [0.05, 0.1) is 34.5 Å². The van der Waals surface area contributed by atoms with E-state index in [4.69, 9.17) is 0 Å². The van der Waals surface area contributed by atoms with E-state index in [0.717, 1.165) is 33.1 Å². The number of phenols is 1. The van der Waals surface area contributed by atoms with Crippen LogP contribution in [0.5, 0.6) is 5.75 Å². The number of allylic oxidation sites excluding steroid dienone is 2. The van der Waals surface area contributed by atoms with Crippen LogP contribution in [0, 0.1) is 30.6 Å². The van der Waals surface area contributed by atoms with E-state index in [0.29, 0.717) is 23.4 Å². The zero-order valence-electron chi connectivity index (χ0n) is 29.6. The van der Waals surface area contributed by atoms with E-state index < -0.39 is 35.0 Å². The van der Waals surface area contributed by atoms with E-state index in [-0.39, 0.29) is 35.8 Å². The van der Waals surface area contributed by atoms with E-state index in [1.54, 1.807) is 36.4 Å². The van der Waals surface area contributed by atoms with Crippen molar-refractivity contribution in [1.29, 1.82) is 0 Å². The number of benzene rings is 5. The van der Waals surface area contributed by atoms with E-state index in [2.05, 4.69) is 10.7 Å². The van der Waals surface area contributed by atoms with Gasteiger partial charge in [0.25, 0.3) is 11.8 Å². The van der Waals surface area contributed by atoms with Crippen LogP contribution in [0.3, 0.4) is 0 Å². The monoisotopic (exact) mass is 714 g/mol. The molecule has 5 aromatic rings. The van der Waals surface area contributed by atoms with Crippen LogP contribution in [0.15, 0.2) is 145 Å². The van der Waals surface area contributed by atoms with Crippen molar-refractivity contribution in [1.82, 2.24) is 5.01 Å². The fourth-order valence-corrected chi connectivity index (χ4v) is 9.43. The van der Waals surface area contributed by atoms with E-state index in [9.17, 15) is 19.5 Å². The number of carbonyl (C=O) groups excluding carboxylic acids is 4. The van der Waals surface area contributed by atoms with Gasteiger partial charge >= 0.3 is 0 Å². The third-order valence-corrected chi connectivity index (χ3v) is 11.8. The molecule has 0 radical (unpaired) electrons. The van der Waals surface area contributed by atoms with Gasteiger partial charge in [-0.25, -0.2) is 0 Å². The SMILES string of the molecule is Cc1ccc(NN2C(=O)[C@@H]3C[C@@H]4C(=CC[C@@H]5C(=O)N(c6ccc(Nc7ccccc7)cc6)C(=O)[C@@H]54)[C@H](c4ccc(O)cc4)[C@]3(c3ccccc3)C2=O)cc1. The molecule has 2 saturated heterocycles. The molecule has 268 valence electrons. The number of carbonyl (C=O) groups is 4. The van der Waals surface area contributed by atoms with Gasteiger partial charge in [-0.1, -0.05) is 90.0 Å². The smallest absolute Gasteiger partial charge is 0.260 e. The number of fused-ring (bicyclic) bond motifs is 4. The van der Waals surface area contributed by atoms with Gasteiger partial charge in [0.15, 0.2) is 0 Å². The van der Waals surface area contributed by atoms with Gasteiger partial charge in [0.2, 0.25) is 11.8 Å². The first kappa shape index (κ1) is 33.4. The minimum atomic E-state index is -1.37. The standard InChI is InChI=1S/C45H38N4O5/c1-27-12-16-32(17-13-27)47-49-42(52)38-26-37-35(40(28-14-22-34(50)23-15-28)45(38,44(49)54)29-8-4-2-5-9-29)24-25-36-39(37)43(53)48(41(36)51)33-20-18-31(19-21-33)46-30-10-6-3-7-11-30/h2-24,36-40,46-47,50H,25-26H2,1H3/t36-,37+,38-,39-,40-,45+/m0/s1. The van der Waals surface area contributed by atoms with Crippen molar-refractivity contribution < 1.29 is 24.3 Å². The lowest BCUT2D eigenvalue weighted by molar-refractivity contribution is -0.138. The summed E-state index contributed by atoms with van der Waals surface area (Å²) in [7, 11) is 0. The van der Waals surface area contributed by atoms with Crippen LogP contribution in [0.1, 0.15) is 35.4 Å². The highest BCUT2D eigenvalue weighted by Crippen LogP contribution is 2.64. The Morgan fingerprint density at radius 3 is 1.98 bits per heavy atom. The number of hydrogen-bond acceptors (Lipinski definition) is 7. The molecule has 2 aliphatic carbocycles. The zero-order chi connectivity index (χ0) is 37.1. The van der Waals surface area contributed by atoms with Crippen molar-refractivity contribution in [2.45, 2.75) is 31.1 Å². The third kappa shape index (κ3) is 5.14. The molecule has 54 heavy (non-hydrogen) atoms. The molecule has 2 heterocycles. The first-order valence-electron chi connectivity index (χ1n) is 18.3. The molecule has 9 nitrogen and oxygen atoms in total. The minimum absolute atomic E-state index is 0.0720. The summed E-state index contributed by atoms with van der Waals surface area (Å²) in [6, 6.07) is 40.7. The number of aryl methyl sites for hydroxylation is 1. The van der Waals surface area contributed by atoms with Crippen LogP contribution >= 0.6 is 0 Å². The summed E-state index contributed by atoms with van der Waals surface area (Å²) in [6.07, 6.45) is 2.57. The van der Waals surface area contributed by atoms with Gasteiger partial charge < -0.3 is 10.4 Å². The molecule has 0 aromatic heterocycles. The quantitative estimate of drug-likeness (QED) is 0.117. The number of anilines is 4. The highest BCUT2D eigenvalue weighted by molar-refractivity contribution is 6.22. The number of nitrogens with one attached hydrogen (secondary N) is 2. The predicted octanol–water partition coefficient (Wildman–Crippen LogP) is 7.63. The number of rotatable bonds is 7. The largest absolute Gasteiger partial charge is 0.508 e. The first-order chi connectivity index (χ1) is 26.3. The van der Waals surface area contributed by atoms with Crippen molar-refractivity contribution in [3.63, 3.8) is 0 Å². The number of aromatic hydroxyl groups is 1. The second kappa shape index (κ2) is 12.9. The van der Waals surface area contributed by atoms with E-state index >= 15 is 4.79 Å². The van der Waals surface area contributed by atoms with Crippen molar-refractivity contribution >= 4 is 46.4 Å². The lowest BCUT2D eigenvalue weighted by atomic mass is 9.49. The fourth-order valence-electron chi connectivity index (χ4n) is 9.43. The molecule has 2 aliphatic heterocycles. The molecule has 9 heteroatoms. The van der Waals surface area contributed by atoms with Gasteiger partial charge in [-0.15, -0.1) is 0 Å². The number of hydrogen-bond donors (Lipinski definition) is 3. The Labute approximate surface area is 312 Å². The van der Waals surface area contributed by atoms with Crippen LogP contribution in [0.2, 0.25) is 0 Å². The maximum atomic E-state index is 15.2. The van der Waals surface area contributed by atoms with Crippen molar-refractivity contribution in [3.05, 3.63) is 162 Å². The molecular formula is C45H38N4O5. The summed E-state index contributed by atoms with van der Waals surface area (Å²) < 4.78 is 0. The Kier molecular flexibility index (Phi) is 7.96. The molecular weight excluding hydrogens is 677 g/mol. The topological polar surface area (TPSA) is 119 Å². The highest BCUT2D eigenvalue weighted by atomic mass is 16.3. The fraction of sp³-hybridized carbons (Fsp3) is 0.200. The first-order valence-corrected chi connectivity index (χ1v) is 18.3. The van der Waals surface area contributed by atoms with E-state index in [1.807, 2.05) is 110 Å². The third-order valence-electron chi connectivity index (χ3n) is 11.8. The van der Waals surface area contributed by atoms with Gasteiger partial charge in [0.1, 0.15) is 5.75 Å². The Bertz CT molecular complexity index is 2310. The van der Waals surface area contributed by atoms with Crippen molar-refractivity contribution in [3.8, 4) is 5.75 Å². The normalized spacial score (nSPS) is 25.9. The number of phenolic OH excluding ortho intramolecular Hbond substituents is 1. The van der Waals surface area contributed by atoms with E-state index in [1.165, 1.54) is 4.90 Å². The average Bonchev–Trinajstić information content (AvgIpc) is 3.58. The summed E-state index contributed by atoms with van der Waals surface area (Å²) in [6.45, 7) is 1.97. The number of nitrogens with zero attached hydrogens (tertiary/aromatic N) is 2. The molecule has 4 aliphatic rings. The number of para-hydroxylation sites is 1. The van der Waals surface area contributed by atoms with Crippen molar-refractivity contribution in [2.24, 2.45) is 23.7 Å². The molecule has 5 aromatic carbocycles. The summed E-state index contributed by atoms with van der Waals surface area (Å²) >= 11 is 0. The van der Waals surface area contributed by atoms with Crippen LogP contribution in [-0.2, 0) is 24.6 Å². The minimum Gasteiger partial charge on any atom is -0.508 e. The Morgan fingerprint density at radius 1 is 0.667 bits per heavy atom. The van der Waals surface area contributed by atoms with Gasteiger partial charge in [-0.3, -0.25) is 29.5 Å². The molecule has 0 spiro atoms. The predicted molar refractivity (Wildman–Crippen MR) is 206 cm³/mol. The summed E-state index contributed by atoms with van der Waals surface area (Å²) in [4.78, 5) is 60.2. The summed E-state index contributed by atoms with van der Waals surface area (Å²) in [5.74, 6) is -4.58. The van der Waals surface area contributed by atoms with Gasteiger partial charge in [-0.05, 0) is 97.5 Å².